The summed E-state index contributed by atoms with van der Waals surface area (Å²) in [7, 11) is 0. The lowest BCUT2D eigenvalue weighted by Gasteiger charge is -2.29. The Kier molecular flexibility index (Phi) is 7.81. The number of benzene rings is 1. The Morgan fingerprint density at radius 2 is 1.92 bits per heavy atom. The van der Waals surface area contributed by atoms with Gasteiger partial charge in [0.25, 0.3) is 0 Å². The van der Waals surface area contributed by atoms with Gasteiger partial charge in [0, 0.05) is 29.8 Å². The molecule has 5 heteroatoms. The zero-order valence-electron chi connectivity index (χ0n) is 16.7. The molecular weight excluding hydrogens is 392 g/mol. The predicted octanol–water partition coefficient (Wildman–Crippen LogP) is 5.98. The van der Waals surface area contributed by atoms with E-state index >= 15 is 0 Å². The van der Waals surface area contributed by atoms with Crippen LogP contribution in [-0.4, -0.2) is 36.2 Å². The maximum atomic E-state index is 12.7. The van der Waals surface area contributed by atoms with Gasteiger partial charge in [0.1, 0.15) is 5.60 Å². The maximum absolute atomic E-state index is 12.7. The molecule has 0 aromatic heterocycles. The molecule has 1 saturated heterocycles. The van der Waals surface area contributed by atoms with E-state index in [1.54, 1.807) is 0 Å². The van der Waals surface area contributed by atoms with Gasteiger partial charge < -0.3 is 14.5 Å². The van der Waals surface area contributed by atoms with Crippen LogP contribution in [0.1, 0.15) is 65.4 Å². The van der Waals surface area contributed by atoms with Crippen LogP contribution >= 0.6 is 15.9 Å². The highest BCUT2D eigenvalue weighted by atomic mass is 79.9. The number of nitrogens with zero attached hydrogens (tertiary/aromatic N) is 2. The fraction of sp³-hybridized carbons (Fsp3) is 0.667. The van der Waals surface area contributed by atoms with E-state index in [0.29, 0.717) is 6.54 Å². The topological polar surface area (TPSA) is 32.8 Å². The molecule has 0 unspecified atom stereocenters. The third-order valence-electron chi connectivity index (χ3n) is 4.54. The van der Waals surface area contributed by atoms with Crippen molar-refractivity contribution in [3.8, 4) is 0 Å². The number of unbranched alkanes of at least 4 members (excludes halogenated alkanes) is 2. The predicted molar refractivity (Wildman–Crippen MR) is 112 cm³/mol. The quantitative estimate of drug-likeness (QED) is 0.504. The van der Waals surface area contributed by atoms with E-state index in [1.807, 2.05) is 25.7 Å². The Labute approximate surface area is 167 Å². The second kappa shape index (κ2) is 9.63. The molecular formula is C21H33BrN2O2. The Morgan fingerprint density at radius 1 is 1.23 bits per heavy atom. The van der Waals surface area contributed by atoms with E-state index < -0.39 is 5.60 Å². The van der Waals surface area contributed by atoms with Gasteiger partial charge in [0.05, 0.1) is 6.54 Å². The third kappa shape index (κ3) is 6.49. The van der Waals surface area contributed by atoms with Crippen molar-refractivity contribution >= 4 is 27.7 Å². The average molecular weight is 425 g/mol. The number of carbonyl (C=O) groups excluding carboxylic acids is 1. The lowest BCUT2D eigenvalue weighted by atomic mass is 10.1. The van der Waals surface area contributed by atoms with Gasteiger partial charge in [-0.3, -0.25) is 0 Å². The van der Waals surface area contributed by atoms with Gasteiger partial charge in [-0.15, -0.1) is 0 Å². The standard InChI is InChI=1S/C21H33BrN2O2/c1-5-6-7-14-24(20(25)26-21(2,3)4)16-17-10-11-18(22)15-19(17)23-12-8-9-13-23/h10-11,15H,5-9,12-14,16H2,1-4H3. The zero-order valence-corrected chi connectivity index (χ0v) is 18.3. The Morgan fingerprint density at radius 3 is 2.54 bits per heavy atom. The molecule has 0 saturated carbocycles. The van der Waals surface area contributed by atoms with Gasteiger partial charge in [0.2, 0.25) is 0 Å². The molecule has 1 aliphatic heterocycles. The van der Waals surface area contributed by atoms with Crippen LogP contribution in [0, 0.1) is 0 Å². The molecule has 1 amide bonds. The molecule has 0 spiro atoms. The first-order chi connectivity index (χ1) is 12.3. The van der Waals surface area contributed by atoms with Crippen molar-refractivity contribution in [2.45, 2.75) is 71.9 Å². The summed E-state index contributed by atoms with van der Waals surface area (Å²) in [6.07, 6.45) is 5.52. The first-order valence-corrected chi connectivity index (χ1v) is 10.6. The second-order valence-corrected chi connectivity index (χ2v) is 8.99. The van der Waals surface area contributed by atoms with Crippen LogP contribution in [0.4, 0.5) is 10.5 Å². The Hall–Kier alpha value is -1.23. The molecule has 2 rings (SSSR count). The summed E-state index contributed by atoms with van der Waals surface area (Å²) in [6, 6.07) is 6.38. The number of halogens is 1. The lowest BCUT2D eigenvalue weighted by molar-refractivity contribution is 0.0230. The number of hydrogen-bond donors (Lipinski definition) is 0. The first-order valence-electron chi connectivity index (χ1n) is 9.81. The molecule has 146 valence electrons. The largest absolute Gasteiger partial charge is 0.444 e. The second-order valence-electron chi connectivity index (χ2n) is 8.08. The molecule has 0 radical (unpaired) electrons. The van der Waals surface area contributed by atoms with Crippen LogP contribution in [0.5, 0.6) is 0 Å². The van der Waals surface area contributed by atoms with Crippen molar-refractivity contribution in [1.82, 2.24) is 4.90 Å². The number of carbonyl (C=O) groups is 1. The van der Waals surface area contributed by atoms with Gasteiger partial charge in [-0.25, -0.2) is 4.79 Å². The van der Waals surface area contributed by atoms with Crippen molar-refractivity contribution in [2.75, 3.05) is 24.5 Å². The van der Waals surface area contributed by atoms with Gasteiger partial charge in [0.15, 0.2) is 0 Å². The third-order valence-corrected chi connectivity index (χ3v) is 5.03. The molecule has 0 atom stereocenters. The van der Waals surface area contributed by atoms with Crippen LogP contribution in [0.2, 0.25) is 0 Å². The fourth-order valence-corrected chi connectivity index (χ4v) is 3.59. The summed E-state index contributed by atoms with van der Waals surface area (Å²) >= 11 is 3.60. The van der Waals surface area contributed by atoms with Crippen molar-refractivity contribution in [3.05, 3.63) is 28.2 Å². The monoisotopic (exact) mass is 424 g/mol. The summed E-state index contributed by atoms with van der Waals surface area (Å²) in [5.41, 5.74) is 1.95. The lowest BCUT2D eigenvalue weighted by Crippen LogP contribution is -2.37. The molecule has 0 N–H and O–H groups in total. The molecule has 1 aromatic carbocycles. The molecule has 26 heavy (non-hydrogen) atoms. The highest BCUT2D eigenvalue weighted by Gasteiger charge is 2.24. The van der Waals surface area contributed by atoms with E-state index in [2.05, 4.69) is 46.0 Å². The Bertz CT molecular complexity index is 592. The number of rotatable bonds is 7. The molecule has 1 fully saturated rings. The van der Waals surface area contributed by atoms with Crippen molar-refractivity contribution < 1.29 is 9.53 Å². The Balaban J connectivity index is 2.19. The molecule has 1 aromatic rings. The van der Waals surface area contributed by atoms with E-state index in [4.69, 9.17) is 4.74 Å². The van der Waals surface area contributed by atoms with Gasteiger partial charge in [-0.2, -0.15) is 0 Å². The van der Waals surface area contributed by atoms with Crippen molar-refractivity contribution in [3.63, 3.8) is 0 Å². The normalized spacial score (nSPS) is 14.6. The molecule has 0 aliphatic carbocycles. The summed E-state index contributed by atoms with van der Waals surface area (Å²) in [5, 5.41) is 0. The van der Waals surface area contributed by atoms with E-state index in [9.17, 15) is 4.79 Å². The van der Waals surface area contributed by atoms with Crippen molar-refractivity contribution in [2.24, 2.45) is 0 Å². The molecule has 1 aliphatic rings. The number of amides is 1. The minimum atomic E-state index is -0.475. The van der Waals surface area contributed by atoms with Gasteiger partial charge in [-0.1, -0.05) is 41.8 Å². The van der Waals surface area contributed by atoms with Crippen LogP contribution in [0.3, 0.4) is 0 Å². The number of anilines is 1. The van der Waals surface area contributed by atoms with Gasteiger partial charge in [-0.05, 0) is 57.7 Å². The molecule has 1 heterocycles. The maximum Gasteiger partial charge on any atom is 0.410 e. The molecule has 0 bridgehead atoms. The van der Waals surface area contributed by atoms with Gasteiger partial charge >= 0.3 is 6.09 Å². The smallest absolute Gasteiger partial charge is 0.410 e. The minimum absolute atomic E-state index is 0.219. The number of hydrogen-bond acceptors (Lipinski definition) is 3. The van der Waals surface area contributed by atoms with E-state index in [1.165, 1.54) is 24.1 Å². The van der Waals surface area contributed by atoms with E-state index in [0.717, 1.165) is 43.4 Å². The van der Waals surface area contributed by atoms with E-state index in [-0.39, 0.29) is 6.09 Å². The van der Waals surface area contributed by atoms with Crippen LogP contribution in [0.25, 0.3) is 0 Å². The SMILES string of the molecule is CCCCCN(Cc1ccc(Br)cc1N1CCCC1)C(=O)OC(C)(C)C. The average Bonchev–Trinajstić information content (AvgIpc) is 3.08. The minimum Gasteiger partial charge on any atom is -0.444 e. The summed E-state index contributed by atoms with van der Waals surface area (Å²) in [6.45, 7) is 11.4. The summed E-state index contributed by atoms with van der Waals surface area (Å²) in [5.74, 6) is 0. The van der Waals surface area contributed by atoms with Crippen LogP contribution in [0.15, 0.2) is 22.7 Å². The number of ether oxygens (including phenoxy) is 1. The first kappa shape index (κ1) is 21.1. The highest BCUT2D eigenvalue weighted by molar-refractivity contribution is 9.10. The zero-order chi connectivity index (χ0) is 19.2. The fourth-order valence-electron chi connectivity index (χ4n) is 3.24. The molecule has 4 nitrogen and oxygen atoms in total. The summed E-state index contributed by atoms with van der Waals surface area (Å²) in [4.78, 5) is 17.0. The summed E-state index contributed by atoms with van der Waals surface area (Å²) < 4.78 is 6.74. The highest BCUT2D eigenvalue weighted by Crippen LogP contribution is 2.29. The van der Waals surface area contributed by atoms with Crippen LogP contribution < -0.4 is 4.90 Å². The van der Waals surface area contributed by atoms with Crippen LogP contribution in [-0.2, 0) is 11.3 Å². The van der Waals surface area contributed by atoms with Crippen molar-refractivity contribution in [1.29, 1.82) is 0 Å².